The zero-order valence-electron chi connectivity index (χ0n) is 8.97. The maximum absolute atomic E-state index is 5.86. The summed E-state index contributed by atoms with van der Waals surface area (Å²) >= 11 is 0. The van der Waals surface area contributed by atoms with Crippen molar-refractivity contribution in [1.29, 1.82) is 0 Å². The molecule has 0 saturated carbocycles. The second-order valence-corrected chi connectivity index (χ2v) is 4.01. The highest BCUT2D eigenvalue weighted by molar-refractivity contribution is 5.30. The molecule has 5 heteroatoms. The van der Waals surface area contributed by atoms with Gasteiger partial charge in [0, 0.05) is 18.9 Å². The Hall–Kier alpha value is -1.62. The molecule has 16 heavy (non-hydrogen) atoms. The van der Waals surface area contributed by atoms with Crippen LogP contribution in [0.1, 0.15) is 12.8 Å². The number of aromatic nitrogens is 3. The van der Waals surface area contributed by atoms with Gasteiger partial charge in [-0.25, -0.2) is 9.97 Å². The molecular weight excluding hydrogens is 204 g/mol. The van der Waals surface area contributed by atoms with Crippen LogP contribution >= 0.6 is 0 Å². The van der Waals surface area contributed by atoms with Crippen LogP contribution in [0.15, 0.2) is 24.8 Å². The number of hydrogen-bond donors (Lipinski definition) is 1. The summed E-state index contributed by atoms with van der Waals surface area (Å²) in [5.41, 5.74) is 0. The normalized spacial score (nSPS) is 21.1. The van der Waals surface area contributed by atoms with Crippen molar-refractivity contribution in [2.24, 2.45) is 0 Å². The van der Waals surface area contributed by atoms with E-state index in [4.69, 9.17) is 4.74 Å². The summed E-state index contributed by atoms with van der Waals surface area (Å²) in [5.74, 6) is 1.51. The Bertz CT molecular complexity index is 476. The fraction of sp³-hybridized carbons (Fsp3) is 0.455. The first kappa shape index (κ1) is 9.59. The molecule has 5 nitrogen and oxygen atoms in total. The number of imidazole rings is 1. The molecule has 84 valence electrons. The average molecular weight is 218 g/mol. The van der Waals surface area contributed by atoms with E-state index >= 15 is 0 Å². The molecule has 0 amide bonds. The third-order valence-corrected chi connectivity index (χ3v) is 2.78. The molecule has 1 N–H and O–H groups in total. The summed E-state index contributed by atoms with van der Waals surface area (Å²) < 4.78 is 7.73. The van der Waals surface area contributed by atoms with Gasteiger partial charge in [0.25, 0.3) is 0 Å². The van der Waals surface area contributed by atoms with E-state index < -0.39 is 0 Å². The zero-order chi connectivity index (χ0) is 10.8. The second-order valence-electron chi connectivity index (χ2n) is 4.01. The third-order valence-electron chi connectivity index (χ3n) is 2.78. The van der Waals surface area contributed by atoms with Crippen LogP contribution in [-0.4, -0.2) is 33.6 Å². The summed E-state index contributed by atoms with van der Waals surface area (Å²) in [7, 11) is 0. The predicted molar refractivity (Wildman–Crippen MR) is 59.5 cm³/mol. The molecule has 1 saturated heterocycles. The van der Waals surface area contributed by atoms with Crippen LogP contribution in [0.4, 0.5) is 0 Å². The molecular formula is C11H14N4O. The Morgan fingerprint density at radius 2 is 2.44 bits per heavy atom. The van der Waals surface area contributed by atoms with Crippen LogP contribution in [0, 0.1) is 0 Å². The van der Waals surface area contributed by atoms with Crippen LogP contribution in [0.25, 0.3) is 5.78 Å². The molecule has 2 aromatic heterocycles. The van der Waals surface area contributed by atoms with E-state index in [2.05, 4.69) is 15.3 Å². The third kappa shape index (κ3) is 1.86. The van der Waals surface area contributed by atoms with E-state index in [0.717, 1.165) is 25.3 Å². The Morgan fingerprint density at radius 1 is 1.44 bits per heavy atom. The maximum atomic E-state index is 5.86. The van der Waals surface area contributed by atoms with Crippen molar-refractivity contribution in [1.82, 2.24) is 19.7 Å². The summed E-state index contributed by atoms with van der Waals surface area (Å²) in [5, 5.41) is 3.32. The maximum Gasteiger partial charge on any atom is 0.233 e. The van der Waals surface area contributed by atoms with Gasteiger partial charge in [-0.15, -0.1) is 0 Å². The van der Waals surface area contributed by atoms with E-state index in [1.807, 2.05) is 16.8 Å². The summed E-state index contributed by atoms with van der Waals surface area (Å²) in [4.78, 5) is 8.30. The number of nitrogens with zero attached hydrogens (tertiary/aromatic N) is 3. The lowest BCUT2D eigenvalue weighted by Crippen LogP contribution is -2.37. The quantitative estimate of drug-likeness (QED) is 0.812. The smallest absolute Gasteiger partial charge is 0.233 e. The van der Waals surface area contributed by atoms with Gasteiger partial charge in [-0.05, 0) is 19.4 Å². The summed E-state index contributed by atoms with van der Waals surface area (Å²) in [6.45, 7) is 2.01. The second kappa shape index (κ2) is 4.09. The van der Waals surface area contributed by atoms with E-state index in [-0.39, 0.29) is 6.10 Å². The largest absolute Gasteiger partial charge is 0.486 e. The van der Waals surface area contributed by atoms with E-state index in [0.29, 0.717) is 5.78 Å². The summed E-state index contributed by atoms with van der Waals surface area (Å²) in [6, 6.07) is 0. The van der Waals surface area contributed by atoms with Gasteiger partial charge in [0.15, 0.2) is 5.75 Å². The molecule has 0 radical (unpaired) electrons. The lowest BCUT2D eigenvalue weighted by molar-refractivity contribution is 0.166. The molecule has 1 unspecified atom stereocenters. The van der Waals surface area contributed by atoms with Crippen molar-refractivity contribution in [2.45, 2.75) is 18.9 Å². The van der Waals surface area contributed by atoms with Crippen LogP contribution in [-0.2, 0) is 0 Å². The lowest BCUT2D eigenvalue weighted by atomic mass is 10.1. The van der Waals surface area contributed by atoms with Crippen molar-refractivity contribution >= 4 is 5.78 Å². The van der Waals surface area contributed by atoms with Crippen molar-refractivity contribution in [3.05, 3.63) is 24.8 Å². The molecule has 0 spiro atoms. The van der Waals surface area contributed by atoms with Crippen molar-refractivity contribution in [2.75, 3.05) is 13.1 Å². The zero-order valence-corrected chi connectivity index (χ0v) is 8.97. The van der Waals surface area contributed by atoms with Gasteiger partial charge in [-0.3, -0.25) is 4.40 Å². The molecule has 0 aromatic carbocycles. The first-order valence-corrected chi connectivity index (χ1v) is 5.58. The number of hydrogen-bond acceptors (Lipinski definition) is 4. The van der Waals surface area contributed by atoms with Gasteiger partial charge in [0.1, 0.15) is 6.10 Å². The minimum atomic E-state index is 0.261. The van der Waals surface area contributed by atoms with Crippen molar-refractivity contribution in [3.63, 3.8) is 0 Å². The molecule has 2 aromatic rings. The highest BCUT2D eigenvalue weighted by atomic mass is 16.5. The Kier molecular flexibility index (Phi) is 2.46. The van der Waals surface area contributed by atoms with Gasteiger partial charge < -0.3 is 10.1 Å². The Labute approximate surface area is 93.5 Å². The summed E-state index contributed by atoms with van der Waals surface area (Å²) in [6.07, 6.45) is 9.79. The van der Waals surface area contributed by atoms with Crippen LogP contribution in [0.2, 0.25) is 0 Å². The Balaban J connectivity index is 1.77. The van der Waals surface area contributed by atoms with Gasteiger partial charge >= 0.3 is 0 Å². The predicted octanol–water partition coefficient (Wildman–Crippen LogP) is 0.860. The number of rotatable bonds is 2. The number of ether oxygens (including phenoxy) is 1. The molecule has 0 aliphatic carbocycles. The molecule has 1 fully saturated rings. The Morgan fingerprint density at radius 3 is 3.31 bits per heavy atom. The van der Waals surface area contributed by atoms with Gasteiger partial charge in [0.05, 0.1) is 12.4 Å². The number of fused-ring (bicyclic) bond motifs is 1. The van der Waals surface area contributed by atoms with Crippen LogP contribution in [0.3, 0.4) is 0 Å². The molecule has 1 aliphatic heterocycles. The standard InChI is InChI=1S/C11H14N4O/c1-2-9(6-12-3-1)16-10-7-14-11-13-4-5-15(11)8-10/h4-5,7-9,12H,1-3,6H2. The lowest BCUT2D eigenvalue weighted by Gasteiger charge is -2.23. The van der Waals surface area contributed by atoms with Crippen molar-refractivity contribution < 1.29 is 4.74 Å². The van der Waals surface area contributed by atoms with Gasteiger partial charge in [-0.1, -0.05) is 0 Å². The van der Waals surface area contributed by atoms with Crippen LogP contribution in [0.5, 0.6) is 5.75 Å². The highest BCUT2D eigenvalue weighted by Gasteiger charge is 2.14. The number of piperidine rings is 1. The van der Waals surface area contributed by atoms with E-state index in [9.17, 15) is 0 Å². The first-order valence-electron chi connectivity index (χ1n) is 5.58. The highest BCUT2D eigenvalue weighted by Crippen LogP contribution is 2.14. The van der Waals surface area contributed by atoms with E-state index in [1.165, 1.54) is 6.42 Å². The molecule has 3 heterocycles. The molecule has 3 rings (SSSR count). The SMILES string of the molecule is c1cn2cc(OC3CCCNC3)cnc2n1. The topological polar surface area (TPSA) is 51.5 Å². The monoisotopic (exact) mass is 218 g/mol. The van der Waals surface area contributed by atoms with Crippen LogP contribution < -0.4 is 10.1 Å². The fourth-order valence-electron chi connectivity index (χ4n) is 1.97. The van der Waals surface area contributed by atoms with E-state index in [1.54, 1.807) is 12.4 Å². The van der Waals surface area contributed by atoms with Gasteiger partial charge in [-0.2, -0.15) is 0 Å². The average Bonchev–Trinajstić information content (AvgIpc) is 2.77. The minimum Gasteiger partial charge on any atom is -0.486 e. The van der Waals surface area contributed by atoms with Crippen molar-refractivity contribution in [3.8, 4) is 5.75 Å². The first-order chi connectivity index (χ1) is 7.92. The fourth-order valence-corrected chi connectivity index (χ4v) is 1.97. The van der Waals surface area contributed by atoms with Gasteiger partial charge in [0.2, 0.25) is 5.78 Å². The molecule has 0 bridgehead atoms. The number of nitrogens with one attached hydrogen (secondary N) is 1. The molecule has 1 atom stereocenters. The molecule has 1 aliphatic rings. The minimum absolute atomic E-state index is 0.261.